The van der Waals surface area contributed by atoms with Gasteiger partial charge < -0.3 is 25.3 Å². The minimum absolute atomic E-state index is 0.0701. The number of anilines is 2. The van der Waals surface area contributed by atoms with Crippen LogP contribution < -0.4 is 20.5 Å². The molecule has 0 heterocycles. The quantitative estimate of drug-likeness (QED) is 0.716. The van der Waals surface area contributed by atoms with Crippen LogP contribution in [0.2, 0.25) is 0 Å². The van der Waals surface area contributed by atoms with Gasteiger partial charge in [0, 0.05) is 28.8 Å². The number of carboxylic acids is 1. The second-order valence-electron chi connectivity index (χ2n) is 7.57. The molecule has 30 heavy (non-hydrogen) atoms. The maximum atomic E-state index is 12.7. The third-order valence-electron chi connectivity index (χ3n) is 5.78. The van der Waals surface area contributed by atoms with Gasteiger partial charge in [0.2, 0.25) is 5.91 Å². The number of carbonyl (C=O) groups excluding carboxylic acids is 3. The van der Waals surface area contributed by atoms with E-state index < -0.39 is 17.8 Å². The molecule has 0 aromatic heterocycles. The summed E-state index contributed by atoms with van der Waals surface area (Å²) in [5, 5.41) is 17.1. The molecule has 2 aromatic carbocycles. The molecule has 0 unspecified atom stereocenters. The number of fused-ring (bicyclic) bond motifs is 2. The highest BCUT2D eigenvalue weighted by atomic mass is 16.5. The predicted molar refractivity (Wildman–Crippen MR) is 109 cm³/mol. The van der Waals surface area contributed by atoms with Crippen LogP contribution in [0.4, 0.5) is 11.4 Å². The first-order valence-electron chi connectivity index (χ1n) is 9.72. The van der Waals surface area contributed by atoms with Crippen LogP contribution in [0.3, 0.4) is 0 Å². The van der Waals surface area contributed by atoms with Crippen LogP contribution in [0.15, 0.2) is 60.7 Å². The summed E-state index contributed by atoms with van der Waals surface area (Å²) in [7, 11) is 1.53. The molecule has 0 saturated heterocycles. The fourth-order valence-corrected chi connectivity index (χ4v) is 4.33. The highest BCUT2D eigenvalue weighted by molar-refractivity contribution is 6.04. The molecular formula is C23H21N2O5-. The van der Waals surface area contributed by atoms with Crippen LogP contribution in [0.25, 0.3) is 0 Å². The molecule has 1 fully saturated rings. The second kappa shape index (κ2) is 8.02. The number of benzene rings is 2. The summed E-state index contributed by atoms with van der Waals surface area (Å²) >= 11 is 0. The molecule has 7 heteroatoms. The van der Waals surface area contributed by atoms with Crippen molar-refractivity contribution < 1.29 is 24.2 Å². The van der Waals surface area contributed by atoms with Gasteiger partial charge in [-0.2, -0.15) is 0 Å². The molecule has 2 aliphatic carbocycles. The van der Waals surface area contributed by atoms with Crippen molar-refractivity contribution >= 4 is 29.2 Å². The van der Waals surface area contributed by atoms with Gasteiger partial charge in [-0.25, -0.2) is 0 Å². The number of methoxy groups -OCH3 is 1. The molecule has 1 saturated carbocycles. The number of hydrogen-bond acceptors (Lipinski definition) is 5. The number of amides is 2. The standard InChI is InChI=1S/C23H22N2O5/c1-30-18-4-2-3-15(12-18)21(26)24-16-7-9-17(10-8-16)25-22(27)19-13-5-6-14(11-13)20(19)23(28)29/h2-10,12-14,19-20H,11H2,1H3,(H,24,26)(H,25,27)(H,28,29)/p-1/t13-,14+,19-,20+/m1/s1. The Bertz CT molecular complexity index is 1010. The van der Waals surface area contributed by atoms with E-state index in [1.807, 2.05) is 12.2 Å². The van der Waals surface area contributed by atoms with Crippen LogP contribution in [-0.4, -0.2) is 24.9 Å². The summed E-state index contributed by atoms with van der Waals surface area (Å²) in [5.41, 5.74) is 1.56. The second-order valence-corrected chi connectivity index (χ2v) is 7.57. The molecule has 0 spiro atoms. The van der Waals surface area contributed by atoms with Gasteiger partial charge in [0.05, 0.1) is 13.0 Å². The SMILES string of the molecule is COc1cccc(C(=O)Nc2ccc(NC(=O)[C@H]3[C@@H](C(=O)[O-])[C@H]4C=C[C@@H]3C4)cc2)c1. The topological polar surface area (TPSA) is 108 Å². The molecule has 7 nitrogen and oxygen atoms in total. The van der Waals surface area contributed by atoms with Crippen LogP contribution in [0, 0.1) is 23.7 Å². The van der Waals surface area contributed by atoms with Crippen molar-refractivity contribution in [1.29, 1.82) is 0 Å². The molecule has 2 aromatic rings. The molecule has 2 aliphatic rings. The monoisotopic (exact) mass is 405 g/mol. The van der Waals surface area contributed by atoms with Gasteiger partial charge in [-0.15, -0.1) is 0 Å². The minimum atomic E-state index is -1.18. The average molecular weight is 405 g/mol. The molecular weight excluding hydrogens is 384 g/mol. The van der Waals surface area contributed by atoms with E-state index in [9.17, 15) is 19.5 Å². The zero-order chi connectivity index (χ0) is 21.3. The lowest BCUT2D eigenvalue weighted by Crippen LogP contribution is -2.42. The van der Waals surface area contributed by atoms with E-state index >= 15 is 0 Å². The number of carboxylic acid groups (broad SMARTS) is 1. The van der Waals surface area contributed by atoms with E-state index in [0.29, 0.717) is 29.1 Å². The molecule has 2 bridgehead atoms. The molecule has 4 rings (SSSR count). The average Bonchev–Trinajstić information content (AvgIpc) is 3.37. The van der Waals surface area contributed by atoms with Crippen LogP contribution in [0.5, 0.6) is 5.75 Å². The third-order valence-corrected chi connectivity index (χ3v) is 5.78. The van der Waals surface area contributed by atoms with E-state index in [2.05, 4.69) is 10.6 Å². The zero-order valence-corrected chi connectivity index (χ0v) is 16.3. The van der Waals surface area contributed by atoms with Crippen molar-refractivity contribution in [1.82, 2.24) is 0 Å². The number of ether oxygens (including phenoxy) is 1. The Morgan fingerprint density at radius 3 is 2.20 bits per heavy atom. The third kappa shape index (κ3) is 3.78. The fraction of sp³-hybridized carbons (Fsp3) is 0.261. The van der Waals surface area contributed by atoms with Gasteiger partial charge in [0.15, 0.2) is 0 Å². The first kappa shape index (κ1) is 19.7. The smallest absolute Gasteiger partial charge is 0.255 e. The van der Waals surface area contributed by atoms with Crippen LogP contribution in [0.1, 0.15) is 16.8 Å². The normalized spacial score (nSPS) is 23.8. The number of nitrogens with one attached hydrogen (secondary N) is 2. The van der Waals surface area contributed by atoms with Gasteiger partial charge in [-0.1, -0.05) is 18.2 Å². The van der Waals surface area contributed by atoms with E-state index in [4.69, 9.17) is 4.74 Å². The molecule has 0 aliphatic heterocycles. The Hall–Kier alpha value is -3.61. The van der Waals surface area contributed by atoms with E-state index in [1.54, 1.807) is 48.5 Å². The number of allylic oxidation sites excluding steroid dienone is 2. The summed E-state index contributed by atoms with van der Waals surface area (Å²) in [6.07, 6.45) is 4.46. The number of aliphatic carboxylic acids is 1. The lowest BCUT2D eigenvalue weighted by Gasteiger charge is -2.27. The molecule has 2 N–H and O–H groups in total. The van der Waals surface area contributed by atoms with Crippen molar-refractivity contribution in [3.63, 3.8) is 0 Å². The lowest BCUT2D eigenvalue weighted by atomic mass is 9.82. The molecule has 0 radical (unpaired) electrons. The Labute approximate surface area is 173 Å². The van der Waals surface area contributed by atoms with Crippen molar-refractivity contribution in [2.24, 2.45) is 23.7 Å². The Morgan fingerprint density at radius 1 is 0.933 bits per heavy atom. The van der Waals surface area contributed by atoms with Gasteiger partial charge in [-0.05, 0) is 60.7 Å². The minimum Gasteiger partial charge on any atom is -0.550 e. The van der Waals surface area contributed by atoms with E-state index in [-0.39, 0.29) is 23.7 Å². The highest BCUT2D eigenvalue weighted by Gasteiger charge is 2.48. The maximum absolute atomic E-state index is 12.7. The highest BCUT2D eigenvalue weighted by Crippen LogP contribution is 2.48. The molecule has 154 valence electrons. The van der Waals surface area contributed by atoms with Crippen molar-refractivity contribution in [3.05, 3.63) is 66.2 Å². The first-order valence-corrected chi connectivity index (χ1v) is 9.72. The summed E-state index contributed by atoms with van der Waals surface area (Å²) in [5.74, 6) is -2.82. The van der Waals surface area contributed by atoms with Crippen molar-refractivity contribution in [2.75, 3.05) is 17.7 Å². The van der Waals surface area contributed by atoms with E-state index in [1.165, 1.54) is 7.11 Å². The maximum Gasteiger partial charge on any atom is 0.255 e. The predicted octanol–water partition coefficient (Wildman–Crippen LogP) is 2.07. The molecule has 4 atom stereocenters. The van der Waals surface area contributed by atoms with E-state index in [0.717, 1.165) is 0 Å². The van der Waals surface area contributed by atoms with Crippen LogP contribution in [-0.2, 0) is 9.59 Å². The zero-order valence-electron chi connectivity index (χ0n) is 16.3. The summed E-state index contributed by atoms with van der Waals surface area (Å²) in [4.78, 5) is 36.6. The van der Waals surface area contributed by atoms with Gasteiger partial charge in [0.1, 0.15) is 5.75 Å². The number of hydrogen-bond donors (Lipinski definition) is 2. The first-order chi connectivity index (χ1) is 14.5. The Morgan fingerprint density at radius 2 is 1.57 bits per heavy atom. The Balaban J connectivity index is 1.40. The van der Waals surface area contributed by atoms with Crippen LogP contribution >= 0.6 is 0 Å². The van der Waals surface area contributed by atoms with Crippen molar-refractivity contribution in [2.45, 2.75) is 6.42 Å². The molecule has 2 amide bonds. The largest absolute Gasteiger partial charge is 0.550 e. The summed E-state index contributed by atoms with van der Waals surface area (Å²) in [6.45, 7) is 0. The lowest BCUT2D eigenvalue weighted by molar-refractivity contribution is -0.313. The number of carbonyl (C=O) groups is 3. The Kier molecular flexibility index (Phi) is 5.27. The summed E-state index contributed by atoms with van der Waals surface area (Å²) < 4.78 is 5.13. The van der Waals surface area contributed by atoms with Gasteiger partial charge in [-0.3, -0.25) is 9.59 Å². The van der Waals surface area contributed by atoms with Crippen molar-refractivity contribution in [3.8, 4) is 5.75 Å². The number of rotatable bonds is 6. The van der Waals surface area contributed by atoms with Gasteiger partial charge in [0.25, 0.3) is 5.91 Å². The fourth-order valence-electron chi connectivity index (χ4n) is 4.33. The summed E-state index contributed by atoms with van der Waals surface area (Å²) in [6, 6.07) is 13.5. The van der Waals surface area contributed by atoms with Gasteiger partial charge >= 0.3 is 0 Å².